The van der Waals surface area contributed by atoms with E-state index in [1.165, 1.54) is 0 Å². The number of nitrogens with one attached hydrogen (secondary N) is 2. The molecule has 2 aliphatic heterocycles. The molecular weight excluding hydrogens is 232 g/mol. The van der Waals surface area contributed by atoms with Gasteiger partial charge in [0.05, 0.1) is 5.69 Å². The van der Waals surface area contributed by atoms with Crippen LogP contribution in [0.15, 0.2) is 18.2 Å². The maximum atomic E-state index is 11.2. The summed E-state index contributed by atoms with van der Waals surface area (Å²) >= 11 is 0. The third-order valence-electron chi connectivity index (χ3n) is 3.14. The van der Waals surface area contributed by atoms with Gasteiger partial charge in [-0.25, -0.2) is 0 Å². The highest BCUT2D eigenvalue weighted by molar-refractivity contribution is 5.95. The molecule has 1 aromatic carbocycles. The minimum atomic E-state index is -0.126. The largest absolute Gasteiger partial charge is 0.489 e. The zero-order valence-corrected chi connectivity index (χ0v) is 10.1. The molecule has 0 bridgehead atoms. The van der Waals surface area contributed by atoms with Gasteiger partial charge in [0.15, 0.2) is 6.61 Å². The molecule has 96 valence electrons. The second kappa shape index (κ2) is 4.86. The van der Waals surface area contributed by atoms with Crippen molar-refractivity contribution < 1.29 is 14.3 Å². The van der Waals surface area contributed by atoms with Gasteiger partial charge in [-0.15, -0.1) is 0 Å². The molecule has 0 saturated carbocycles. The topological polar surface area (TPSA) is 59.6 Å². The maximum Gasteiger partial charge on any atom is 0.262 e. The van der Waals surface area contributed by atoms with Gasteiger partial charge < -0.3 is 20.1 Å². The molecule has 0 radical (unpaired) electrons. The van der Waals surface area contributed by atoms with E-state index in [9.17, 15) is 4.79 Å². The second-order valence-corrected chi connectivity index (χ2v) is 4.58. The van der Waals surface area contributed by atoms with Gasteiger partial charge in [-0.3, -0.25) is 4.79 Å². The van der Waals surface area contributed by atoms with Gasteiger partial charge >= 0.3 is 0 Å². The van der Waals surface area contributed by atoms with Gasteiger partial charge in [0.2, 0.25) is 0 Å². The summed E-state index contributed by atoms with van der Waals surface area (Å²) < 4.78 is 11.2. The Labute approximate surface area is 105 Å². The van der Waals surface area contributed by atoms with Crippen LogP contribution < -0.4 is 20.1 Å². The van der Waals surface area contributed by atoms with Crippen LogP contribution >= 0.6 is 0 Å². The predicted molar refractivity (Wildman–Crippen MR) is 67.1 cm³/mol. The molecule has 1 atom stereocenters. The minimum absolute atomic E-state index is 0.0831. The maximum absolute atomic E-state index is 11.2. The number of anilines is 1. The Bertz CT molecular complexity index is 456. The first-order valence-corrected chi connectivity index (χ1v) is 6.25. The van der Waals surface area contributed by atoms with Gasteiger partial charge in [-0.2, -0.15) is 0 Å². The van der Waals surface area contributed by atoms with Crippen LogP contribution in [0.4, 0.5) is 5.69 Å². The zero-order chi connectivity index (χ0) is 12.4. The monoisotopic (exact) mass is 248 g/mol. The van der Waals surface area contributed by atoms with Crippen LogP contribution in [0.5, 0.6) is 11.5 Å². The van der Waals surface area contributed by atoms with Crippen LogP contribution in [-0.2, 0) is 4.79 Å². The molecule has 1 amide bonds. The lowest BCUT2D eigenvalue weighted by atomic mass is 10.1. The van der Waals surface area contributed by atoms with Gasteiger partial charge in [0.25, 0.3) is 5.91 Å². The van der Waals surface area contributed by atoms with Crippen LogP contribution in [0.25, 0.3) is 0 Å². The van der Waals surface area contributed by atoms with Crippen molar-refractivity contribution in [1.82, 2.24) is 5.32 Å². The molecule has 0 aliphatic carbocycles. The fourth-order valence-corrected chi connectivity index (χ4v) is 2.25. The number of carbonyl (C=O) groups is 1. The Morgan fingerprint density at radius 1 is 1.39 bits per heavy atom. The third-order valence-corrected chi connectivity index (χ3v) is 3.14. The molecule has 3 rings (SSSR count). The van der Waals surface area contributed by atoms with E-state index in [4.69, 9.17) is 9.47 Å². The molecule has 1 unspecified atom stereocenters. The summed E-state index contributed by atoms with van der Waals surface area (Å²) in [6, 6.07) is 5.53. The molecule has 0 aromatic heterocycles. The Morgan fingerprint density at radius 2 is 2.33 bits per heavy atom. The zero-order valence-electron chi connectivity index (χ0n) is 10.1. The lowest BCUT2D eigenvalue weighted by molar-refractivity contribution is -0.118. The molecule has 18 heavy (non-hydrogen) atoms. The van der Waals surface area contributed by atoms with Crippen LogP contribution in [0.1, 0.15) is 12.8 Å². The van der Waals surface area contributed by atoms with Gasteiger partial charge in [0.1, 0.15) is 17.6 Å². The second-order valence-electron chi connectivity index (χ2n) is 4.58. The summed E-state index contributed by atoms with van der Waals surface area (Å²) in [6.07, 6.45) is 2.40. The molecule has 5 nitrogen and oxygen atoms in total. The van der Waals surface area contributed by atoms with E-state index < -0.39 is 0 Å². The molecule has 0 spiro atoms. The lowest BCUT2D eigenvalue weighted by Crippen LogP contribution is -2.37. The number of ether oxygens (including phenoxy) is 2. The molecular formula is C13H16N2O3. The van der Waals surface area contributed by atoms with Crippen molar-refractivity contribution in [2.24, 2.45) is 0 Å². The average molecular weight is 248 g/mol. The number of fused-ring (bicyclic) bond motifs is 1. The first-order valence-electron chi connectivity index (χ1n) is 6.25. The molecule has 1 saturated heterocycles. The van der Waals surface area contributed by atoms with Crippen molar-refractivity contribution >= 4 is 11.6 Å². The van der Waals surface area contributed by atoms with E-state index >= 15 is 0 Å². The molecule has 2 heterocycles. The molecule has 2 N–H and O–H groups in total. The smallest absolute Gasteiger partial charge is 0.262 e. The molecule has 5 heteroatoms. The number of benzene rings is 1. The molecule has 1 aromatic rings. The van der Waals surface area contributed by atoms with Crippen molar-refractivity contribution in [2.75, 3.05) is 25.0 Å². The fraction of sp³-hybridized carbons (Fsp3) is 0.462. The first kappa shape index (κ1) is 11.3. The van der Waals surface area contributed by atoms with Crippen molar-refractivity contribution in [3.05, 3.63) is 18.2 Å². The van der Waals surface area contributed by atoms with E-state index in [1.807, 2.05) is 18.2 Å². The quantitative estimate of drug-likeness (QED) is 0.824. The van der Waals surface area contributed by atoms with Crippen molar-refractivity contribution in [1.29, 1.82) is 0 Å². The van der Waals surface area contributed by atoms with Crippen LogP contribution in [-0.4, -0.2) is 31.7 Å². The Morgan fingerprint density at radius 3 is 3.17 bits per heavy atom. The van der Waals surface area contributed by atoms with Crippen molar-refractivity contribution in [3.8, 4) is 11.5 Å². The van der Waals surface area contributed by atoms with Crippen LogP contribution in [0, 0.1) is 0 Å². The van der Waals surface area contributed by atoms with Crippen LogP contribution in [0.2, 0.25) is 0 Å². The first-order chi connectivity index (χ1) is 8.81. The normalized spacial score (nSPS) is 22.7. The van der Waals surface area contributed by atoms with E-state index in [2.05, 4.69) is 10.6 Å². The standard InChI is InChI=1S/C13H16N2O3/c16-13-8-17-12-4-3-9(6-11(12)15-13)18-10-2-1-5-14-7-10/h3-4,6,10,14H,1-2,5,7-8H2,(H,15,16). The summed E-state index contributed by atoms with van der Waals surface area (Å²) in [5.74, 6) is 1.34. The van der Waals surface area contributed by atoms with Crippen molar-refractivity contribution in [3.63, 3.8) is 0 Å². The highest BCUT2D eigenvalue weighted by Crippen LogP contribution is 2.32. The molecule has 2 aliphatic rings. The number of rotatable bonds is 2. The van der Waals surface area contributed by atoms with E-state index in [1.54, 1.807) is 0 Å². The average Bonchev–Trinajstić information content (AvgIpc) is 2.39. The number of hydrogen-bond acceptors (Lipinski definition) is 4. The van der Waals surface area contributed by atoms with Crippen molar-refractivity contribution in [2.45, 2.75) is 18.9 Å². The van der Waals surface area contributed by atoms with Gasteiger partial charge in [0, 0.05) is 12.6 Å². The Kier molecular flexibility index (Phi) is 3.06. The highest BCUT2D eigenvalue weighted by Gasteiger charge is 2.18. The Hall–Kier alpha value is -1.75. The highest BCUT2D eigenvalue weighted by atomic mass is 16.5. The number of amides is 1. The number of hydrogen-bond donors (Lipinski definition) is 2. The van der Waals surface area contributed by atoms with Crippen LogP contribution in [0.3, 0.4) is 0 Å². The summed E-state index contributed by atoms with van der Waals surface area (Å²) in [6.45, 7) is 2.02. The fourth-order valence-electron chi connectivity index (χ4n) is 2.25. The number of piperidine rings is 1. The molecule has 1 fully saturated rings. The summed E-state index contributed by atoms with van der Waals surface area (Å²) in [7, 11) is 0. The summed E-state index contributed by atoms with van der Waals surface area (Å²) in [4.78, 5) is 11.2. The van der Waals surface area contributed by atoms with E-state index in [0.717, 1.165) is 31.7 Å². The summed E-state index contributed by atoms with van der Waals surface area (Å²) in [5, 5.41) is 6.08. The minimum Gasteiger partial charge on any atom is -0.489 e. The van der Waals surface area contributed by atoms with E-state index in [-0.39, 0.29) is 18.6 Å². The predicted octanol–water partition coefficient (Wildman–Crippen LogP) is 1.15. The summed E-state index contributed by atoms with van der Waals surface area (Å²) in [5.41, 5.74) is 0.688. The lowest BCUT2D eigenvalue weighted by Gasteiger charge is -2.25. The SMILES string of the molecule is O=C1COc2ccc(OC3CCCNC3)cc2N1. The third kappa shape index (κ3) is 2.41. The van der Waals surface area contributed by atoms with Gasteiger partial charge in [-0.1, -0.05) is 0 Å². The Balaban J connectivity index is 1.73. The van der Waals surface area contributed by atoms with Gasteiger partial charge in [-0.05, 0) is 31.5 Å². The van der Waals surface area contributed by atoms with E-state index in [0.29, 0.717) is 11.4 Å². The number of carbonyl (C=O) groups excluding carboxylic acids is 1.